The molecule has 0 saturated carbocycles. The third kappa shape index (κ3) is 11.3. The van der Waals surface area contributed by atoms with Crippen molar-refractivity contribution in [2.24, 2.45) is 23.7 Å². The fraction of sp³-hybridized carbons (Fsp3) is 0.694. The first-order valence-corrected chi connectivity index (χ1v) is 23.8. The van der Waals surface area contributed by atoms with Gasteiger partial charge in [0.05, 0.1) is 48.2 Å². The number of fused-ring (bicyclic) bond motifs is 2. The summed E-state index contributed by atoms with van der Waals surface area (Å²) in [7, 11) is 3.21. The lowest BCUT2D eigenvalue weighted by atomic mass is 9.73. The van der Waals surface area contributed by atoms with Crippen molar-refractivity contribution in [2.45, 2.75) is 161 Å². The van der Waals surface area contributed by atoms with E-state index in [-0.39, 0.29) is 38.1 Å². The molecule has 0 spiro atoms. The summed E-state index contributed by atoms with van der Waals surface area (Å²) < 4.78 is 54.0. The number of carbonyl (C=O) groups excluding carboxylic acids is 4. The molecule has 3 saturated heterocycles. The number of Topliss-reactive ketones (excluding diaryl/α,β-unsaturated/α-hetero) is 1. The van der Waals surface area contributed by atoms with Crippen molar-refractivity contribution in [3.63, 3.8) is 0 Å². The number of aliphatic hydroxyl groups excluding tert-OH is 1. The number of aryl methyl sites for hydroxylation is 1. The van der Waals surface area contributed by atoms with Gasteiger partial charge in [-0.15, -0.1) is 0 Å². The van der Waals surface area contributed by atoms with Crippen LogP contribution in [0.5, 0.6) is 0 Å². The monoisotopic (exact) mass is 939 g/mol. The number of esters is 2. The van der Waals surface area contributed by atoms with Crippen LogP contribution in [0.25, 0.3) is 11.2 Å². The lowest BCUT2D eigenvalue weighted by Crippen LogP contribution is -2.61. The Labute approximate surface area is 393 Å². The number of unbranched alkanes of at least 4 members (excludes halogenated alkanes) is 1. The van der Waals surface area contributed by atoms with Crippen LogP contribution in [-0.4, -0.2) is 152 Å². The van der Waals surface area contributed by atoms with Crippen molar-refractivity contribution in [1.29, 1.82) is 0 Å². The van der Waals surface area contributed by atoms with Crippen LogP contribution in [0, 0.1) is 23.7 Å². The van der Waals surface area contributed by atoms with Crippen molar-refractivity contribution >= 4 is 35.0 Å². The molecule has 67 heavy (non-hydrogen) atoms. The topological polar surface area (TPSA) is 194 Å². The van der Waals surface area contributed by atoms with Gasteiger partial charge in [0.15, 0.2) is 17.5 Å². The van der Waals surface area contributed by atoms with E-state index in [4.69, 9.17) is 28.4 Å². The molecule has 3 fully saturated rings. The predicted molar refractivity (Wildman–Crippen MR) is 244 cm³/mol. The molecule has 0 unspecified atom stereocenters. The van der Waals surface area contributed by atoms with Crippen LogP contribution >= 0.6 is 0 Å². The molecule has 0 aromatic carbocycles. The molecule has 6 rings (SSSR count). The number of hydrogen-bond acceptors (Lipinski definition) is 15. The number of nitrogens with zero attached hydrogens (tertiary/aromatic N) is 6. The summed E-state index contributed by atoms with van der Waals surface area (Å²) in [5.74, 6) is -5.12. The first-order chi connectivity index (χ1) is 31.9. The van der Waals surface area contributed by atoms with Gasteiger partial charge in [0.25, 0.3) is 0 Å². The Bertz CT molecular complexity index is 2150. The molecule has 0 bridgehead atoms. The predicted octanol–water partition coefficient (Wildman–Crippen LogP) is 5.74. The maximum Gasteiger partial charge on any atom is 0.410 e. The molecule has 0 radical (unpaired) electrons. The minimum atomic E-state index is -1.46. The van der Waals surface area contributed by atoms with Crippen LogP contribution in [0.2, 0.25) is 0 Å². The van der Waals surface area contributed by atoms with E-state index in [1.54, 1.807) is 95.3 Å². The standard InChI is InChI=1S/C49H71FN6O11/c1-11-37-49(8)42(56(47(61)67-49)23-15-14-22-55-28-53-35-18-16-21-52-44(35)55)31(4)39(58)29(2)27-48(7,62-10)43(66-46-40(59)36(25-30(3)63-46)54(9)24-19-50)32(5)41(33(6)45(60)64-37)65-38(57)26-34-17-12-13-20-51-34/h12-13,16-18,20-21,28-33,36-37,40-43,46,59H,11,14-15,19,22-27H2,1-10H3/t29-,30+,31+,32+,33-,36-,37-,40+,41+,42-,43-,46-,48-,49-/m1/s1. The number of cyclic esters (lactones) is 1. The van der Waals surface area contributed by atoms with E-state index in [1.165, 1.54) is 7.11 Å². The highest BCUT2D eigenvalue weighted by atomic mass is 19.1. The Morgan fingerprint density at radius 3 is 2.42 bits per heavy atom. The zero-order valence-corrected chi connectivity index (χ0v) is 40.7. The van der Waals surface area contributed by atoms with Gasteiger partial charge in [0, 0.05) is 62.9 Å². The van der Waals surface area contributed by atoms with E-state index in [9.17, 15) is 23.9 Å². The Balaban J connectivity index is 1.37. The van der Waals surface area contributed by atoms with Crippen LogP contribution in [0.3, 0.4) is 0 Å². The lowest BCUT2D eigenvalue weighted by molar-refractivity contribution is -0.302. The molecule has 14 atom stereocenters. The lowest BCUT2D eigenvalue weighted by Gasteiger charge is -2.48. The molecule has 0 aliphatic carbocycles. The number of carbonyl (C=O) groups is 4. The number of aromatic nitrogens is 4. The maximum absolute atomic E-state index is 15.0. The van der Waals surface area contributed by atoms with Crippen LogP contribution in [-0.2, 0) is 55.8 Å². The van der Waals surface area contributed by atoms with Crippen molar-refractivity contribution in [2.75, 3.05) is 33.9 Å². The van der Waals surface area contributed by atoms with Gasteiger partial charge in [-0.2, -0.15) is 0 Å². The normalized spacial score (nSPS) is 34.4. The third-order valence-corrected chi connectivity index (χ3v) is 14.4. The third-order valence-electron chi connectivity index (χ3n) is 14.4. The number of halogens is 1. The fourth-order valence-corrected chi connectivity index (χ4v) is 10.8. The van der Waals surface area contributed by atoms with E-state index in [1.807, 2.05) is 30.5 Å². The van der Waals surface area contributed by atoms with Gasteiger partial charge in [-0.3, -0.25) is 24.3 Å². The highest BCUT2D eigenvalue weighted by Crippen LogP contribution is 2.44. The molecule has 1 amide bonds. The molecular weight excluding hydrogens is 868 g/mol. The minimum absolute atomic E-state index is 0.0704. The quantitative estimate of drug-likeness (QED) is 0.110. The van der Waals surface area contributed by atoms with Gasteiger partial charge in [-0.05, 0) is 91.1 Å². The zero-order valence-electron chi connectivity index (χ0n) is 40.7. The van der Waals surface area contributed by atoms with Crippen molar-refractivity contribution in [3.05, 3.63) is 54.7 Å². The maximum atomic E-state index is 15.0. The number of rotatable bonds is 15. The van der Waals surface area contributed by atoms with Crippen LogP contribution < -0.4 is 0 Å². The van der Waals surface area contributed by atoms with Crippen LogP contribution in [0.1, 0.15) is 93.2 Å². The molecule has 370 valence electrons. The largest absolute Gasteiger partial charge is 0.461 e. The summed E-state index contributed by atoms with van der Waals surface area (Å²) in [5.41, 5.74) is -0.831. The molecular formula is C49H71FN6O11. The van der Waals surface area contributed by atoms with E-state index in [2.05, 4.69) is 15.0 Å². The van der Waals surface area contributed by atoms with Gasteiger partial charge in [-0.25, -0.2) is 19.2 Å². The number of ketones is 1. The number of amides is 1. The molecule has 3 aliphatic heterocycles. The van der Waals surface area contributed by atoms with Gasteiger partial charge < -0.3 is 43.0 Å². The number of methoxy groups -OCH3 is 1. The fourth-order valence-electron chi connectivity index (χ4n) is 10.8. The molecule has 3 aromatic heterocycles. The summed E-state index contributed by atoms with van der Waals surface area (Å²) in [6.45, 7) is 14.4. The Hall–Kier alpha value is -4.62. The second-order valence-corrected chi connectivity index (χ2v) is 19.3. The van der Waals surface area contributed by atoms with Gasteiger partial charge in [0.1, 0.15) is 36.3 Å². The Morgan fingerprint density at radius 2 is 1.73 bits per heavy atom. The van der Waals surface area contributed by atoms with E-state index < -0.39 is 108 Å². The number of imidazole rings is 1. The summed E-state index contributed by atoms with van der Waals surface area (Å²) in [4.78, 5) is 74.3. The summed E-state index contributed by atoms with van der Waals surface area (Å²) in [6, 6.07) is 7.52. The molecule has 18 heteroatoms. The minimum Gasteiger partial charge on any atom is -0.461 e. The van der Waals surface area contributed by atoms with Gasteiger partial charge >= 0.3 is 18.0 Å². The van der Waals surface area contributed by atoms with Crippen LogP contribution in [0.4, 0.5) is 9.18 Å². The first kappa shape index (κ1) is 51.8. The second kappa shape index (κ2) is 22.2. The van der Waals surface area contributed by atoms with E-state index >= 15 is 4.79 Å². The smallest absolute Gasteiger partial charge is 0.410 e. The molecule has 3 aliphatic rings. The average molecular weight is 939 g/mol. The average Bonchev–Trinajstić information content (AvgIpc) is 3.84. The first-order valence-electron chi connectivity index (χ1n) is 23.8. The molecule has 17 nitrogen and oxygen atoms in total. The number of alkyl halides is 1. The summed E-state index contributed by atoms with van der Waals surface area (Å²) in [6.07, 6.45) is -0.154. The number of pyridine rings is 2. The highest BCUT2D eigenvalue weighted by molar-refractivity contribution is 5.85. The van der Waals surface area contributed by atoms with Crippen LogP contribution in [0.15, 0.2) is 49.1 Å². The zero-order chi connectivity index (χ0) is 48.8. The van der Waals surface area contributed by atoms with Crippen molar-refractivity contribution < 1.29 is 57.1 Å². The van der Waals surface area contributed by atoms with E-state index in [0.29, 0.717) is 31.5 Å². The summed E-state index contributed by atoms with van der Waals surface area (Å²) >= 11 is 0. The molecule has 3 aromatic rings. The van der Waals surface area contributed by atoms with Gasteiger partial charge in [0.2, 0.25) is 0 Å². The van der Waals surface area contributed by atoms with E-state index in [0.717, 1.165) is 11.2 Å². The van der Waals surface area contributed by atoms with Crippen molar-refractivity contribution in [3.8, 4) is 0 Å². The number of ether oxygens (including phenoxy) is 6. The highest BCUT2D eigenvalue weighted by Gasteiger charge is 2.60. The van der Waals surface area contributed by atoms with Crippen molar-refractivity contribution in [1.82, 2.24) is 29.3 Å². The molecule has 6 heterocycles. The number of aliphatic hydroxyl groups is 1. The number of hydrogen-bond donors (Lipinski definition) is 1. The number of likely N-dealkylation sites (N-methyl/N-ethyl adjacent to an activating group) is 1. The SMILES string of the molecule is CC[C@H]1OC(=O)[C@H](C)[C@@H](OC(=O)Cc2ccccn2)[C@H](C)[C@@H](O[C@H]2O[C@@H](C)C[C@@H](N(C)CCF)[C@@H]2O)[C@](C)(OC)C[C@@H](C)C(=O)[C@H](C)[C@H]2N(CCCCn3cnc4cccnc43)C(=O)O[C@]12C. The van der Waals surface area contributed by atoms with Gasteiger partial charge in [-0.1, -0.05) is 33.8 Å². The summed E-state index contributed by atoms with van der Waals surface area (Å²) in [5, 5.41) is 11.8. The molecule has 1 N–H and O–H groups in total. The second-order valence-electron chi connectivity index (χ2n) is 19.3. The Morgan fingerprint density at radius 1 is 1.00 bits per heavy atom. The Kier molecular flexibility index (Phi) is 17.2.